The number of amides is 2. The van der Waals surface area contributed by atoms with Crippen molar-refractivity contribution in [2.45, 2.75) is 64.2 Å². The predicted molar refractivity (Wildman–Crippen MR) is 160 cm³/mol. The molecule has 43 heavy (non-hydrogen) atoms. The van der Waals surface area contributed by atoms with Gasteiger partial charge in [0.2, 0.25) is 22.7 Å². The van der Waals surface area contributed by atoms with Crippen LogP contribution in [0.1, 0.15) is 53.6 Å². The van der Waals surface area contributed by atoms with Crippen LogP contribution < -0.4 is 10.6 Å². The van der Waals surface area contributed by atoms with Crippen LogP contribution in [-0.4, -0.2) is 43.9 Å². The van der Waals surface area contributed by atoms with Crippen molar-refractivity contribution >= 4 is 39.9 Å². The Morgan fingerprint density at radius 1 is 0.744 bits per heavy atom. The van der Waals surface area contributed by atoms with Crippen LogP contribution in [-0.2, 0) is 46.5 Å². The van der Waals surface area contributed by atoms with E-state index < -0.39 is 11.7 Å². The van der Waals surface area contributed by atoms with Gasteiger partial charge in [-0.05, 0) is 54.5 Å². The minimum atomic E-state index is -3.34. The Bertz CT molecular complexity index is 1520. The number of halogens is 2. The van der Waals surface area contributed by atoms with Gasteiger partial charge in [-0.3, -0.25) is 14.4 Å². The Morgan fingerprint density at radius 3 is 2.19 bits per heavy atom. The molecule has 2 N–H and O–H groups in total. The van der Waals surface area contributed by atoms with Crippen LogP contribution >= 0.6 is 11.3 Å². The smallest absolute Gasteiger partial charge is 0.302 e. The van der Waals surface area contributed by atoms with Gasteiger partial charge in [0.05, 0.1) is 18.5 Å². The van der Waals surface area contributed by atoms with Gasteiger partial charge in [0.1, 0.15) is 5.01 Å². The van der Waals surface area contributed by atoms with Gasteiger partial charge in [0.15, 0.2) is 5.82 Å². The number of aromatic nitrogens is 4. The number of anilines is 2. The van der Waals surface area contributed by atoms with Crippen molar-refractivity contribution in [3.8, 4) is 0 Å². The molecule has 4 aromatic rings. The zero-order valence-corrected chi connectivity index (χ0v) is 24.5. The van der Waals surface area contributed by atoms with E-state index in [-0.39, 0.29) is 37.5 Å². The van der Waals surface area contributed by atoms with E-state index in [4.69, 9.17) is 0 Å². The first-order valence-corrected chi connectivity index (χ1v) is 14.7. The van der Waals surface area contributed by atoms with E-state index in [1.807, 2.05) is 36.4 Å². The van der Waals surface area contributed by atoms with Crippen molar-refractivity contribution in [1.82, 2.24) is 20.4 Å². The molecule has 224 valence electrons. The lowest BCUT2D eigenvalue weighted by molar-refractivity contribution is -0.140. The van der Waals surface area contributed by atoms with Crippen molar-refractivity contribution in [1.29, 1.82) is 0 Å². The third kappa shape index (κ3) is 10.7. The SMILES string of the molecule is CC(F)(F)C(=O)CCc1cccc(CC(=O)Nc2nnc(CCCCc3ccc(NC(=O)Cc4ccccc4)nn3)s2)c1. The molecule has 0 aliphatic carbocycles. The number of aryl methyl sites for hydroxylation is 3. The van der Waals surface area contributed by atoms with Gasteiger partial charge in [-0.1, -0.05) is 65.9 Å². The summed E-state index contributed by atoms with van der Waals surface area (Å²) in [5.41, 5.74) is 3.17. The highest BCUT2D eigenvalue weighted by molar-refractivity contribution is 7.15. The molecular formula is C31H32F2N6O3S. The van der Waals surface area contributed by atoms with Crippen LogP contribution in [0.25, 0.3) is 0 Å². The zero-order chi connectivity index (χ0) is 30.7. The lowest BCUT2D eigenvalue weighted by Gasteiger charge is -2.09. The van der Waals surface area contributed by atoms with Gasteiger partial charge >= 0.3 is 5.92 Å². The van der Waals surface area contributed by atoms with Crippen LogP contribution in [0, 0.1) is 0 Å². The second-order valence-corrected chi connectivity index (χ2v) is 11.2. The molecule has 0 saturated carbocycles. The number of hydrogen-bond donors (Lipinski definition) is 2. The Hall–Kier alpha value is -4.45. The molecule has 0 aliphatic rings. The van der Waals surface area contributed by atoms with Gasteiger partial charge in [-0.15, -0.1) is 15.3 Å². The van der Waals surface area contributed by atoms with Crippen LogP contribution in [0.5, 0.6) is 0 Å². The number of carbonyl (C=O) groups is 3. The Kier molecular flexibility index (Phi) is 11.1. The summed E-state index contributed by atoms with van der Waals surface area (Å²) in [6, 6.07) is 20.1. The van der Waals surface area contributed by atoms with Crippen LogP contribution in [0.4, 0.5) is 19.7 Å². The summed E-state index contributed by atoms with van der Waals surface area (Å²) in [7, 11) is 0. The first-order valence-electron chi connectivity index (χ1n) is 13.9. The molecule has 9 nitrogen and oxygen atoms in total. The molecule has 2 aromatic carbocycles. The number of alkyl halides is 2. The number of rotatable bonds is 15. The maximum absolute atomic E-state index is 13.1. The lowest BCUT2D eigenvalue weighted by atomic mass is 10.0. The molecule has 12 heteroatoms. The molecule has 0 aliphatic heterocycles. The monoisotopic (exact) mass is 606 g/mol. The third-order valence-corrected chi connectivity index (χ3v) is 7.37. The standard InChI is InChI=1S/C31H32F2N6O3S/c1-31(32,33)25(40)16-14-22-10-7-11-23(18-22)20-28(42)35-30-39-38-29(43-30)13-6-5-12-24-15-17-26(37-36-24)34-27(41)19-21-8-3-2-4-9-21/h2-4,7-11,15,17-18H,5-6,12-14,16,19-20H2,1H3,(H,34,37,41)(H,35,39,42). The third-order valence-electron chi connectivity index (χ3n) is 6.47. The normalized spacial score (nSPS) is 11.2. The van der Waals surface area contributed by atoms with E-state index in [0.717, 1.165) is 35.5 Å². The number of unbranched alkanes of at least 4 members (excludes halogenated alkanes) is 1. The van der Waals surface area contributed by atoms with E-state index in [9.17, 15) is 23.2 Å². The first kappa shape index (κ1) is 31.5. The number of nitrogens with zero attached hydrogens (tertiary/aromatic N) is 4. The number of benzene rings is 2. The molecule has 0 atom stereocenters. The van der Waals surface area contributed by atoms with Crippen molar-refractivity contribution in [2.24, 2.45) is 0 Å². The second-order valence-electron chi connectivity index (χ2n) is 10.2. The molecule has 2 aromatic heterocycles. The number of Topliss-reactive ketones (excluding diaryl/α,β-unsaturated/α-hetero) is 1. The molecule has 2 heterocycles. The summed E-state index contributed by atoms with van der Waals surface area (Å²) in [4.78, 5) is 36.2. The summed E-state index contributed by atoms with van der Waals surface area (Å²) in [5, 5.41) is 23.2. The highest BCUT2D eigenvalue weighted by Gasteiger charge is 2.31. The fraction of sp³-hybridized carbons (Fsp3) is 0.323. The van der Waals surface area contributed by atoms with Crippen molar-refractivity contribution < 1.29 is 23.2 Å². The zero-order valence-electron chi connectivity index (χ0n) is 23.7. The molecule has 2 amide bonds. The molecule has 0 spiro atoms. The molecule has 0 bridgehead atoms. The van der Waals surface area contributed by atoms with Crippen molar-refractivity contribution in [3.05, 3.63) is 94.1 Å². The maximum Gasteiger partial charge on any atom is 0.302 e. The summed E-state index contributed by atoms with van der Waals surface area (Å²) in [6.45, 7) is 0.600. The summed E-state index contributed by atoms with van der Waals surface area (Å²) < 4.78 is 26.2. The number of nitrogens with one attached hydrogen (secondary N) is 2. The number of carbonyl (C=O) groups excluding carboxylic acids is 3. The fourth-order valence-electron chi connectivity index (χ4n) is 4.24. The van der Waals surface area contributed by atoms with E-state index >= 15 is 0 Å². The van der Waals surface area contributed by atoms with Crippen LogP contribution in [0.2, 0.25) is 0 Å². The minimum absolute atomic E-state index is 0.0805. The van der Waals surface area contributed by atoms with Crippen LogP contribution in [0.3, 0.4) is 0 Å². The highest BCUT2D eigenvalue weighted by Crippen LogP contribution is 2.20. The summed E-state index contributed by atoms with van der Waals surface area (Å²) in [5.74, 6) is -4.45. The van der Waals surface area contributed by atoms with Gasteiger partial charge in [0.25, 0.3) is 0 Å². The Morgan fingerprint density at radius 2 is 1.44 bits per heavy atom. The predicted octanol–water partition coefficient (Wildman–Crippen LogP) is 5.41. The van der Waals surface area contributed by atoms with Crippen molar-refractivity contribution in [2.75, 3.05) is 10.6 Å². The second kappa shape index (κ2) is 15.1. The molecular weight excluding hydrogens is 574 g/mol. The molecule has 0 fully saturated rings. The molecule has 0 radical (unpaired) electrons. The van der Waals surface area contributed by atoms with Gasteiger partial charge in [-0.25, -0.2) is 0 Å². The number of hydrogen-bond acceptors (Lipinski definition) is 8. The number of ketones is 1. The van der Waals surface area contributed by atoms with Gasteiger partial charge < -0.3 is 10.6 Å². The Labute approximate surface area is 252 Å². The van der Waals surface area contributed by atoms with E-state index in [2.05, 4.69) is 31.0 Å². The maximum atomic E-state index is 13.1. The largest absolute Gasteiger partial charge is 0.309 e. The van der Waals surface area contributed by atoms with Gasteiger partial charge in [-0.2, -0.15) is 13.9 Å². The minimum Gasteiger partial charge on any atom is -0.309 e. The first-order chi connectivity index (χ1) is 20.6. The average molecular weight is 607 g/mol. The van der Waals surface area contributed by atoms with E-state index in [1.54, 1.807) is 30.3 Å². The van der Waals surface area contributed by atoms with Crippen LogP contribution in [0.15, 0.2) is 66.7 Å². The lowest BCUT2D eigenvalue weighted by Crippen LogP contribution is -2.24. The summed E-state index contributed by atoms with van der Waals surface area (Å²) in [6.07, 6.45) is 3.40. The molecule has 4 rings (SSSR count). The van der Waals surface area contributed by atoms with E-state index in [0.29, 0.717) is 35.4 Å². The van der Waals surface area contributed by atoms with E-state index in [1.165, 1.54) is 11.3 Å². The quantitative estimate of drug-likeness (QED) is 0.173. The molecule has 0 unspecified atom stereocenters. The van der Waals surface area contributed by atoms with Gasteiger partial charge in [0, 0.05) is 19.8 Å². The molecule has 0 saturated heterocycles. The summed E-state index contributed by atoms with van der Waals surface area (Å²) >= 11 is 1.31. The fourth-order valence-corrected chi connectivity index (χ4v) is 5.03. The Balaban J connectivity index is 1.15. The van der Waals surface area contributed by atoms with Crippen molar-refractivity contribution in [3.63, 3.8) is 0 Å². The topological polar surface area (TPSA) is 127 Å². The average Bonchev–Trinajstić information content (AvgIpc) is 3.41. The highest BCUT2D eigenvalue weighted by atomic mass is 32.1.